The van der Waals surface area contributed by atoms with Gasteiger partial charge < -0.3 is 10.6 Å². The molecular weight excluding hydrogens is 371 g/mol. The quantitative estimate of drug-likeness (QED) is 0.545. The van der Waals surface area contributed by atoms with E-state index in [0.29, 0.717) is 5.69 Å². The topological polar surface area (TPSA) is 76.0 Å². The number of nitrogens with one attached hydrogen (secondary N) is 2. The first-order chi connectivity index (χ1) is 14.0. The highest BCUT2D eigenvalue weighted by Crippen LogP contribution is 2.21. The summed E-state index contributed by atoms with van der Waals surface area (Å²) in [6, 6.07) is 18.9. The van der Waals surface area contributed by atoms with Gasteiger partial charge in [-0.2, -0.15) is 0 Å². The second-order valence-corrected chi connectivity index (χ2v) is 6.48. The van der Waals surface area contributed by atoms with E-state index in [0.717, 1.165) is 22.8 Å². The largest absolute Gasteiger partial charge is 0.324 e. The van der Waals surface area contributed by atoms with Gasteiger partial charge in [0.1, 0.15) is 12.1 Å². The van der Waals surface area contributed by atoms with E-state index in [4.69, 9.17) is 0 Å². The Balaban J connectivity index is 1.53. The average molecular weight is 388 g/mol. The second-order valence-electron chi connectivity index (χ2n) is 6.48. The summed E-state index contributed by atoms with van der Waals surface area (Å²) in [6.07, 6.45) is 1.75. The summed E-state index contributed by atoms with van der Waals surface area (Å²) >= 11 is 0. The van der Waals surface area contributed by atoms with Crippen molar-refractivity contribution < 1.29 is 14.0 Å². The van der Waals surface area contributed by atoms with Crippen molar-refractivity contribution in [2.24, 2.45) is 0 Å². The molecule has 3 aromatic carbocycles. The number of hydrogen-bond donors (Lipinski definition) is 2. The number of aromatic nitrogens is 2. The van der Waals surface area contributed by atoms with Gasteiger partial charge in [0.05, 0.1) is 16.7 Å². The van der Waals surface area contributed by atoms with Gasteiger partial charge in [-0.25, -0.2) is 9.37 Å². The fraction of sp³-hybridized carbons (Fsp3) is 0.0455. The van der Waals surface area contributed by atoms with Crippen molar-refractivity contribution in [1.29, 1.82) is 0 Å². The van der Waals surface area contributed by atoms with Crippen LogP contribution in [0.5, 0.6) is 0 Å². The highest BCUT2D eigenvalue weighted by Gasteiger charge is 2.11. The molecule has 0 spiro atoms. The third-order valence-corrected chi connectivity index (χ3v) is 4.40. The van der Waals surface area contributed by atoms with Gasteiger partial charge in [0.2, 0.25) is 5.91 Å². The van der Waals surface area contributed by atoms with Crippen molar-refractivity contribution in [1.82, 2.24) is 9.55 Å². The molecule has 0 saturated heterocycles. The molecule has 1 aromatic heterocycles. The molecule has 4 aromatic rings. The number of rotatable bonds is 4. The molecule has 7 heteroatoms. The Kier molecular flexibility index (Phi) is 4.78. The average Bonchev–Trinajstić information content (AvgIpc) is 3.14. The number of nitrogens with zero attached hydrogens (tertiary/aromatic N) is 2. The first-order valence-corrected chi connectivity index (χ1v) is 8.92. The predicted octanol–water partition coefficient (Wildman–Crippen LogP) is 4.38. The molecule has 0 aliphatic rings. The van der Waals surface area contributed by atoms with Crippen LogP contribution in [0.3, 0.4) is 0 Å². The summed E-state index contributed by atoms with van der Waals surface area (Å²) in [7, 11) is 0. The van der Waals surface area contributed by atoms with Crippen molar-refractivity contribution in [2.45, 2.75) is 6.92 Å². The first-order valence-electron chi connectivity index (χ1n) is 8.92. The highest BCUT2D eigenvalue weighted by molar-refractivity contribution is 6.05. The van der Waals surface area contributed by atoms with Crippen LogP contribution in [-0.2, 0) is 4.79 Å². The van der Waals surface area contributed by atoms with E-state index in [9.17, 15) is 14.0 Å². The van der Waals surface area contributed by atoms with Gasteiger partial charge in [-0.1, -0.05) is 12.1 Å². The van der Waals surface area contributed by atoms with E-state index >= 15 is 0 Å². The number of benzene rings is 3. The molecule has 6 nitrogen and oxygen atoms in total. The lowest BCUT2D eigenvalue weighted by molar-refractivity contribution is -0.114. The zero-order valence-corrected chi connectivity index (χ0v) is 15.5. The minimum Gasteiger partial charge on any atom is -0.324 e. The molecule has 0 fully saturated rings. The van der Waals surface area contributed by atoms with Crippen LogP contribution in [0.25, 0.3) is 16.7 Å². The Bertz CT molecular complexity index is 1220. The number of hydrogen-bond acceptors (Lipinski definition) is 3. The number of imidazole rings is 1. The van der Waals surface area contributed by atoms with Crippen molar-refractivity contribution >= 4 is 34.2 Å². The Labute approximate surface area is 166 Å². The number of carbonyl (C=O) groups excluding carboxylic acids is 2. The zero-order valence-electron chi connectivity index (χ0n) is 15.5. The predicted molar refractivity (Wildman–Crippen MR) is 110 cm³/mol. The van der Waals surface area contributed by atoms with Crippen LogP contribution in [0, 0.1) is 5.82 Å². The van der Waals surface area contributed by atoms with E-state index in [-0.39, 0.29) is 11.3 Å². The highest BCUT2D eigenvalue weighted by atomic mass is 19.1. The monoisotopic (exact) mass is 388 g/mol. The second kappa shape index (κ2) is 7.55. The van der Waals surface area contributed by atoms with Crippen molar-refractivity contribution in [2.75, 3.05) is 10.6 Å². The number of halogens is 1. The normalized spacial score (nSPS) is 10.7. The lowest BCUT2D eigenvalue weighted by Gasteiger charge is -2.10. The smallest absolute Gasteiger partial charge is 0.255 e. The SMILES string of the molecule is CC(=O)Nc1cc(C(=O)Nc2ccc(-n3cnc4ccccc43)cc2)ccc1F. The minimum absolute atomic E-state index is 0.0347. The Morgan fingerprint density at radius 3 is 2.48 bits per heavy atom. The molecule has 29 heavy (non-hydrogen) atoms. The standard InChI is InChI=1S/C22H17FN4O2/c1-14(28)25-20-12-15(6-11-18(20)23)22(29)26-16-7-9-17(10-8-16)27-13-24-19-4-2-3-5-21(19)27/h2-13H,1H3,(H,25,28)(H,26,29). The van der Waals surface area contributed by atoms with Gasteiger partial charge in [-0.3, -0.25) is 14.2 Å². The fourth-order valence-corrected chi connectivity index (χ4v) is 3.03. The Hall–Kier alpha value is -4.00. The molecule has 0 unspecified atom stereocenters. The van der Waals surface area contributed by atoms with E-state index in [1.54, 1.807) is 18.5 Å². The van der Waals surface area contributed by atoms with Gasteiger partial charge in [0.25, 0.3) is 5.91 Å². The number of carbonyl (C=O) groups is 2. The molecule has 0 aliphatic heterocycles. The molecule has 0 aliphatic carbocycles. The molecule has 0 radical (unpaired) electrons. The number of fused-ring (bicyclic) bond motifs is 1. The fourth-order valence-electron chi connectivity index (χ4n) is 3.03. The van der Waals surface area contributed by atoms with Crippen molar-refractivity contribution in [3.8, 4) is 5.69 Å². The first kappa shape index (κ1) is 18.4. The van der Waals surface area contributed by atoms with Crippen LogP contribution in [-0.4, -0.2) is 21.4 Å². The lowest BCUT2D eigenvalue weighted by Crippen LogP contribution is -2.14. The van der Waals surface area contributed by atoms with Gasteiger partial charge in [-0.05, 0) is 54.6 Å². The lowest BCUT2D eigenvalue weighted by atomic mass is 10.1. The molecule has 0 atom stereocenters. The summed E-state index contributed by atoms with van der Waals surface area (Å²) in [4.78, 5) is 28.0. The maximum atomic E-state index is 13.8. The van der Waals surface area contributed by atoms with Gasteiger partial charge >= 0.3 is 0 Å². The summed E-state index contributed by atoms with van der Waals surface area (Å²) in [5, 5.41) is 5.14. The van der Waals surface area contributed by atoms with Crippen molar-refractivity contribution in [3.63, 3.8) is 0 Å². The molecule has 0 bridgehead atoms. The van der Waals surface area contributed by atoms with Crippen molar-refractivity contribution in [3.05, 3.63) is 84.4 Å². The van der Waals surface area contributed by atoms with Crippen LogP contribution < -0.4 is 10.6 Å². The third-order valence-electron chi connectivity index (χ3n) is 4.40. The van der Waals surface area contributed by atoms with E-state index in [1.807, 2.05) is 41.0 Å². The van der Waals surface area contributed by atoms with E-state index < -0.39 is 17.6 Å². The summed E-state index contributed by atoms with van der Waals surface area (Å²) < 4.78 is 15.7. The van der Waals surface area contributed by atoms with Gasteiger partial charge in [-0.15, -0.1) is 0 Å². The molecular formula is C22H17FN4O2. The molecule has 2 amide bonds. The third kappa shape index (κ3) is 3.84. The van der Waals surface area contributed by atoms with E-state index in [2.05, 4.69) is 15.6 Å². The Morgan fingerprint density at radius 1 is 0.966 bits per heavy atom. The number of amides is 2. The van der Waals surface area contributed by atoms with Gasteiger partial charge in [0, 0.05) is 23.9 Å². The summed E-state index contributed by atoms with van der Waals surface area (Å²) in [5.41, 5.74) is 3.59. The number of para-hydroxylation sites is 2. The van der Waals surface area contributed by atoms with Crippen LogP contribution in [0.2, 0.25) is 0 Å². The molecule has 144 valence electrons. The molecule has 2 N–H and O–H groups in total. The maximum absolute atomic E-state index is 13.8. The van der Waals surface area contributed by atoms with Crippen LogP contribution >= 0.6 is 0 Å². The maximum Gasteiger partial charge on any atom is 0.255 e. The van der Waals surface area contributed by atoms with Gasteiger partial charge in [0.15, 0.2) is 0 Å². The van der Waals surface area contributed by atoms with Crippen LogP contribution in [0.4, 0.5) is 15.8 Å². The molecule has 4 rings (SSSR count). The van der Waals surface area contributed by atoms with Crippen LogP contribution in [0.15, 0.2) is 73.1 Å². The summed E-state index contributed by atoms with van der Waals surface area (Å²) in [6.45, 7) is 1.28. The Morgan fingerprint density at radius 2 is 1.72 bits per heavy atom. The van der Waals surface area contributed by atoms with Crippen LogP contribution in [0.1, 0.15) is 17.3 Å². The molecule has 0 saturated carbocycles. The van der Waals surface area contributed by atoms with E-state index in [1.165, 1.54) is 19.1 Å². The summed E-state index contributed by atoms with van der Waals surface area (Å²) in [5.74, 6) is -1.42. The molecule has 1 heterocycles. The number of anilines is 2. The zero-order chi connectivity index (χ0) is 20.4. The minimum atomic E-state index is -0.603.